The number of carboxylic acids is 1. The zero-order chi connectivity index (χ0) is 29.7. The summed E-state index contributed by atoms with van der Waals surface area (Å²) < 4.78 is 16.9. The number of hydrogen-bond acceptors (Lipinski definition) is 12. The normalized spacial score (nSPS) is 26.5. The molecule has 1 aromatic heterocycles. The first kappa shape index (κ1) is 30.4. The predicted molar refractivity (Wildman–Crippen MR) is 145 cm³/mol. The van der Waals surface area contributed by atoms with E-state index in [1.807, 2.05) is 6.08 Å². The maximum Gasteiger partial charge on any atom is 0.352 e. The van der Waals surface area contributed by atoms with E-state index in [-0.39, 0.29) is 40.8 Å². The van der Waals surface area contributed by atoms with E-state index >= 15 is 0 Å². The standard InChI is InChI=1S/C23H29FN8O7S2/c24-11-39-29-14(18-28-23(26)41-30-18)19(35)27-15-20(36)31-16(22(37)38)13(10-40-21(15)31)2-1-5-32(8-9-33)6-3-12(4-7-32)17(25)34/h1-2,12,15,21,33H,3-11H2,(H5-,25,26,27,28,30,34,35,37,38)/p+1/t12?,15-,21+,32?/m1/s1. The minimum atomic E-state index is -1.32. The number of anilines is 1. The fourth-order valence-electron chi connectivity index (χ4n) is 5.11. The van der Waals surface area contributed by atoms with Crippen LogP contribution in [-0.4, -0.2) is 115 Å². The quantitative estimate of drug-likeness (QED) is 0.0812. The van der Waals surface area contributed by atoms with Gasteiger partial charge in [-0.2, -0.15) is 9.36 Å². The van der Waals surface area contributed by atoms with Gasteiger partial charge in [0, 0.05) is 36.0 Å². The Labute approximate surface area is 241 Å². The number of β-lactam (4-membered cyclic amide) rings is 1. The molecule has 41 heavy (non-hydrogen) atoms. The number of alkyl halides is 1. The first-order chi connectivity index (χ1) is 19.6. The van der Waals surface area contributed by atoms with Crippen molar-refractivity contribution in [1.82, 2.24) is 19.6 Å². The van der Waals surface area contributed by atoms with Gasteiger partial charge in [-0.05, 0) is 11.6 Å². The molecule has 0 aliphatic carbocycles. The third kappa shape index (κ3) is 6.50. The number of nitrogen functional groups attached to an aromatic ring is 1. The van der Waals surface area contributed by atoms with Crippen LogP contribution in [0.1, 0.15) is 18.7 Å². The highest BCUT2D eigenvalue weighted by atomic mass is 32.2. The lowest BCUT2D eigenvalue weighted by Crippen LogP contribution is -2.71. The molecule has 0 aromatic carbocycles. The molecule has 4 heterocycles. The Morgan fingerprint density at radius 1 is 1.32 bits per heavy atom. The lowest BCUT2D eigenvalue weighted by Gasteiger charge is -2.49. The largest absolute Gasteiger partial charge is 0.477 e. The number of aliphatic carboxylic acids is 1. The molecule has 18 heteroatoms. The zero-order valence-corrected chi connectivity index (χ0v) is 23.4. The Balaban J connectivity index is 1.46. The summed E-state index contributed by atoms with van der Waals surface area (Å²) >= 11 is 2.05. The second-order valence-corrected chi connectivity index (χ2v) is 11.6. The zero-order valence-electron chi connectivity index (χ0n) is 21.8. The molecular weight excluding hydrogens is 583 g/mol. The number of piperidine rings is 1. The van der Waals surface area contributed by atoms with E-state index in [0.717, 1.165) is 16.4 Å². The molecule has 222 valence electrons. The van der Waals surface area contributed by atoms with Gasteiger partial charge >= 0.3 is 5.97 Å². The number of aliphatic hydroxyl groups excluding tert-OH is 1. The number of thioether (sulfide) groups is 1. The van der Waals surface area contributed by atoms with Crippen LogP contribution in [0.2, 0.25) is 0 Å². The molecule has 4 rings (SSSR count). The van der Waals surface area contributed by atoms with Gasteiger partial charge in [-0.1, -0.05) is 11.2 Å². The fourth-order valence-corrected chi connectivity index (χ4v) is 6.87. The van der Waals surface area contributed by atoms with Gasteiger partial charge in [0.05, 0.1) is 26.2 Å². The van der Waals surface area contributed by atoms with Crippen LogP contribution < -0.4 is 16.8 Å². The number of quaternary nitrogens is 1. The predicted octanol–water partition coefficient (Wildman–Crippen LogP) is -1.23. The van der Waals surface area contributed by atoms with Gasteiger partial charge in [-0.25, -0.2) is 9.18 Å². The van der Waals surface area contributed by atoms with Crippen LogP contribution in [0.3, 0.4) is 0 Å². The number of halogens is 1. The number of carbonyl (C=O) groups excluding carboxylic acids is 3. The molecule has 3 amide bonds. The number of amides is 3. The van der Waals surface area contributed by atoms with E-state index in [1.54, 1.807) is 6.08 Å². The van der Waals surface area contributed by atoms with Gasteiger partial charge in [0.2, 0.25) is 17.4 Å². The summed E-state index contributed by atoms with van der Waals surface area (Å²) in [5, 5.41) is 24.8. The van der Waals surface area contributed by atoms with Gasteiger partial charge in [-0.15, -0.1) is 11.8 Å². The number of primary amides is 1. The van der Waals surface area contributed by atoms with Crippen molar-refractivity contribution < 1.29 is 43.1 Å². The van der Waals surface area contributed by atoms with Crippen LogP contribution in [0.4, 0.5) is 9.52 Å². The van der Waals surface area contributed by atoms with E-state index in [2.05, 4.69) is 24.7 Å². The summed E-state index contributed by atoms with van der Waals surface area (Å²) in [5.41, 5.74) is 10.7. The number of carboxylic acid groups (broad SMARTS) is 1. The number of carbonyl (C=O) groups is 4. The third-order valence-corrected chi connectivity index (χ3v) is 9.10. The molecule has 0 spiro atoms. The molecule has 0 unspecified atom stereocenters. The average Bonchev–Trinajstić information content (AvgIpc) is 3.37. The van der Waals surface area contributed by atoms with Crippen LogP contribution in [0.25, 0.3) is 0 Å². The van der Waals surface area contributed by atoms with E-state index in [0.29, 0.717) is 49.1 Å². The molecule has 3 aliphatic heterocycles. The SMILES string of the molecule is NC(=O)C1CC[N+](CC=CC2=C(C(=O)O)N3C(=O)[C@@H](NC(=O)C(=NOCF)c4nsc(N)n4)[C@@H]3SC2)(CCO)CC1. The van der Waals surface area contributed by atoms with E-state index in [9.17, 15) is 33.8 Å². The first-order valence-corrected chi connectivity index (χ1v) is 14.4. The monoisotopic (exact) mass is 613 g/mol. The van der Waals surface area contributed by atoms with Crippen LogP contribution in [0.5, 0.6) is 0 Å². The first-order valence-electron chi connectivity index (χ1n) is 12.6. The number of hydrogen-bond donors (Lipinski definition) is 5. The maximum atomic E-state index is 13.0. The lowest BCUT2D eigenvalue weighted by molar-refractivity contribution is -0.928. The summed E-state index contributed by atoms with van der Waals surface area (Å²) in [6, 6.07) is -1.08. The number of oxime groups is 1. The molecule has 2 saturated heterocycles. The highest BCUT2D eigenvalue weighted by Gasteiger charge is 2.54. The number of aliphatic hydroxyl groups is 1. The van der Waals surface area contributed by atoms with Gasteiger partial charge in [-0.3, -0.25) is 19.3 Å². The van der Waals surface area contributed by atoms with E-state index < -0.39 is 41.8 Å². The van der Waals surface area contributed by atoms with Crippen molar-refractivity contribution >= 4 is 57.8 Å². The Morgan fingerprint density at radius 2 is 2.05 bits per heavy atom. The van der Waals surface area contributed by atoms with Crippen molar-refractivity contribution in [3.8, 4) is 0 Å². The summed E-state index contributed by atoms with van der Waals surface area (Å²) in [6.07, 6.45) is 4.71. The van der Waals surface area contributed by atoms with Gasteiger partial charge in [0.25, 0.3) is 18.7 Å². The molecule has 1 aromatic rings. The van der Waals surface area contributed by atoms with Gasteiger partial charge in [0.1, 0.15) is 23.7 Å². The molecule has 2 fully saturated rings. The molecule has 2 atom stereocenters. The van der Waals surface area contributed by atoms with Gasteiger partial charge in [0.15, 0.2) is 5.13 Å². The smallest absolute Gasteiger partial charge is 0.352 e. The number of nitrogens with zero attached hydrogens (tertiary/aromatic N) is 5. The Kier molecular flexibility index (Phi) is 9.57. The number of likely N-dealkylation sites (tertiary alicyclic amines) is 1. The third-order valence-electron chi connectivity index (χ3n) is 7.25. The number of allylic oxidation sites excluding steroid dienone is 1. The number of rotatable bonds is 12. The van der Waals surface area contributed by atoms with Crippen molar-refractivity contribution in [3.63, 3.8) is 0 Å². The summed E-state index contributed by atoms with van der Waals surface area (Å²) in [6.45, 7) is 0.925. The highest BCUT2D eigenvalue weighted by Crippen LogP contribution is 2.40. The van der Waals surface area contributed by atoms with Crippen molar-refractivity contribution in [2.45, 2.75) is 24.3 Å². The van der Waals surface area contributed by atoms with E-state index in [4.69, 9.17) is 11.5 Å². The number of nitrogens with one attached hydrogen (secondary N) is 1. The van der Waals surface area contributed by atoms with Gasteiger partial charge < -0.3 is 36.3 Å². The van der Waals surface area contributed by atoms with Crippen molar-refractivity contribution in [2.24, 2.45) is 16.8 Å². The lowest BCUT2D eigenvalue weighted by atomic mass is 9.94. The molecular formula is C23H30FN8O7S2+. The number of nitrogens with two attached hydrogens (primary N) is 2. The maximum absolute atomic E-state index is 13.0. The Hall–Kier alpha value is -3.61. The van der Waals surface area contributed by atoms with E-state index in [1.165, 1.54) is 11.8 Å². The summed E-state index contributed by atoms with van der Waals surface area (Å²) in [5.74, 6) is -3.35. The molecule has 7 N–H and O–H groups in total. The minimum absolute atomic E-state index is 0.0331. The number of aromatic nitrogens is 2. The average molecular weight is 614 g/mol. The topological polar surface area (TPSA) is 223 Å². The van der Waals surface area contributed by atoms with Crippen LogP contribution in [0.15, 0.2) is 28.6 Å². The van der Waals surface area contributed by atoms with Crippen LogP contribution in [0, 0.1) is 5.92 Å². The molecule has 3 aliphatic rings. The van der Waals surface area contributed by atoms with Crippen molar-refractivity contribution in [3.05, 3.63) is 29.2 Å². The van der Waals surface area contributed by atoms with Crippen molar-refractivity contribution in [2.75, 3.05) is 51.1 Å². The molecule has 0 saturated carbocycles. The second kappa shape index (κ2) is 12.9. The summed E-state index contributed by atoms with van der Waals surface area (Å²) in [4.78, 5) is 59.0. The minimum Gasteiger partial charge on any atom is -0.477 e. The van der Waals surface area contributed by atoms with Crippen LogP contribution in [-0.2, 0) is 24.0 Å². The second-order valence-electron chi connectivity index (χ2n) is 9.67. The Bertz CT molecular complexity index is 1290. The van der Waals surface area contributed by atoms with Crippen molar-refractivity contribution in [1.29, 1.82) is 0 Å². The highest BCUT2D eigenvalue weighted by molar-refractivity contribution is 8.00. The fraction of sp³-hybridized carbons (Fsp3) is 0.522. The molecule has 15 nitrogen and oxygen atoms in total. The Morgan fingerprint density at radius 3 is 2.63 bits per heavy atom. The molecule has 0 radical (unpaired) electrons. The summed E-state index contributed by atoms with van der Waals surface area (Å²) in [7, 11) is 0. The van der Waals surface area contributed by atoms with Crippen LogP contribution >= 0.6 is 23.3 Å². The molecule has 0 bridgehead atoms. The number of fused-ring (bicyclic) bond motifs is 1.